The highest BCUT2D eigenvalue weighted by atomic mass is 15.2. The molecule has 0 aliphatic rings. The van der Waals surface area contributed by atoms with Crippen molar-refractivity contribution in [2.24, 2.45) is 0 Å². The Bertz CT molecular complexity index is 499. The van der Waals surface area contributed by atoms with Gasteiger partial charge in [0.05, 0.1) is 30.5 Å². The number of imidazole rings is 1. The standard InChI is InChI=1S/C14H21N5/c1-4-19(5-2)14-7-6-12(8-16-14)15-9-13-11(3)17-10-18-13/h6-8,10,15H,4-5,9H2,1-3H3,(H,17,18). The third-order valence-electron chi connectivity index (χ3n) is 3.23. The lowest BCUT2D eigenvalue weighted by Crippen LogP contribution is -2.22. The van der Waals surface area contributed by atoms with Gasteiger partial charge >= 0.3 is 0 Å². The van der Waals surface area contributed by atoms with Gasteiger partial charge in [-0.3, -0.25) is 0 Å². The molecule has 0 amide bonds. The molecule has 2 rings (SSSR count). The third-order valence-corrected chi connectivity index (χ3v) is 3.23. The van der Waals surface area contributed by atoms with E-state index in [0.29, 0.717) is 6.54 Å². The second kappa shape index (κ2) is 6.22. The quantitative estimate of drug-likeness (QED) is 0.837. The van der Waals surface area contributed by atoms with Gasteiger partial charge in [0.25, 0.3) is 0 Å². The molecule has 0 fully saturated rings. The minimum Gasteiger partial charge on any atom is -0.378 e. The van der Waals surface area contributed by atoms with Gasteiger partial charge in [0.1, 0.15) is 5.82 Å². The maximum Gasteiger partial charge on any atom is 0.128 e. The first kappa shape index (κ1) is 13.4. The molecule has 0 bridgehead atoms. The zero-order chi connectivity index (χ0) is 13.7. The van der Waals surface area contributed by atoms with E-state index in [-0.39, 0.29) is 0 Å². The lowest BCUT2D eigenvalue weighted by molar-refractivity contribution is 0.846. The number of rotatable bonds is 6. The van der Waals surface area contributed by atoms with Crippen LogP contribution in [0.3, 0.4) is 0 Å². The topological polar surface area (TPSA) is 56.8 Å². The van der Waals surface area contributed by atoms with E-state index >= 15 is 0 Å². The van der Waals surface area contributed by atoms with Crippen molar-refractivity contribution in [1.82, 2.24) is 15.0 Å². The maximum atomic E-state index is 4.48. The number of hydrogen-bond acceptors (Lipinski definition) is 4. The highest BCUT2D eigenvalue weighted by Crippen LogP contribution is 2.14. The predicted octanol–water partition coefficient (Wildman–Crippen LogP) is 2.57. The Hall–Kier alpha value is -2.04. The maximum absolute atomic E-state index is 4.48. The molecule has 19 heavy (non-hydrogen) atoms. The molecule has 2 aromatic heterocycles. The van der Waals surface area contributed by atoms with Gasteiger partial charge in [0.2, 0.25) is 0 Å². The molecule has 5 nitrogen and oxygen atoms in total. The average Bonchev–Trinajstić information content (AvgIpc) is 2.85. The van der Waals surface area contributed by atoms with Crippen molar-refractivity contribution in [3.8, 4) is 0 Å². The van der Waals surface area contributed by atoms with Crippen LogP contribution in [0.15, 0.2) is 24.7 Å². The van der Waals surface area contributed by atoms with Crippen LogP contribution in [0.2, 0.25) is 0 Å². The van der Waals surface area contributed by atoms with Gasteiger partial charge < -0.3 is 15.2 Å². The molecular weight excluding hydrogens is 238 g/mol. The molecule has 2 N–H and O–H groups in total. The van der Waals surface area contributed by atoms with E-state index in [0.717, 1.165) is 36.0 Å². The predicted molar refractivity (Wildman–Crippen MR) is 78.4 cm³/mol. The second-order valence-corrected chi connectivity index (χ2v) is 4.41. The van der Waals surface area contributed by atoms with Gasteiger partial charge in [-0.05, 0) is 32.9 Å². The summed E-state index contributed by atoms with van der Waals surface area (Å²) in [5.41, 5.74) is 3.14. The van der Waals surface area contributed by atoms with Gasteiger partial charge in [-0.1, -0.05) is 0 Å². The van der Waals surface area contributed by atoms with Crippen molar-refractivity contribution in [3.05, 3.63) is 36.0 Å². The summed E-state index contributed by atoms with van der Waals surface area (Å²) >= 11 is 0. The Morgan fingerprint density at radius 2 is 2.00 bits per heavy atom. The molecule has 0 aromatic carbocycles. The number of nitrogens with zero attached hydrogens (tertiary/aromatic N) is 3. The van der Waals surface area contributed by atoms with E-state index in [1.54, 1.807) is 6.33 Å². The fourth-order valence-electron chi connectivity index (χ4n) is 1.98. The molecule has 0 saturated carbocycles. The zero-order valence-electron chi connectivity index (χ0n) is 11.8. The molecule has 0 unspecified atom stereocenters. The number of pyridine rings is 1. The van der Waals surface area contributed by atoms with Crippen LogP contribution in [-0.2, 0) is 6.54 Å². The first-order chi connectivity index (χ1) is 9.24. The molecular formula is C14H21N5. The highest BCUT2D eigenvalue weighted by molar-refractivity contribution is 5.48. The van der Waals surface area contributed by atoms with Crippen LogP contribution in [0.5, 0.6) is 0 Å². The van der Waals surface area contributed by atoms with Crippen LogP contribution in [-0.4, -0.2) is 28.0 Å². The molecule has 0 spiro atoms. The number of anilines is 2. The van der Waals surface area contributed by atoms with Crippen molar-refractivity contribution in [3.63, 3.8) is 0 Å². The molecule has 0 aliphatic carbocycles. The van der Waals surface area contributed by atoms with Crippen LogP contribution in [0.25, 0.3) is 0 Å². The Labute approximate surface area is 114 Å². The van der Waals surface area contributed by atoms with Crippen molar-refractivity contribution in [1.29, 1.82) is 0 Å². The first-order valence-corrected chi connectivity index (χ1v) is 6.68. The number of hydrogen-bond donors (Lipinski definition) is 2. The third kappa shape index (κ3) is 3.24. The van der Waals surface area contributed by atoms with E-state index < -0.39 is 0 Å². The van der Waals surface area contributed by atoms with Crippen LogP contribution in [0.4, 0.5) is 11.5 Å². The van der Waals surface area contributed by atoms with Gasteiger partial charge in [-0.2, -0.15) is 0 Å². The number of aromatic nitrogens is 3. The van der Waals surface area contributed by atoms with Crippen molar-refractivity contribution in [2.45, 2.75) is 27.3 Å². The molecule has 102 valence electrons. The SMILES string of the molecule is CCN(CC)c1ccc(NCc2nc[nH]c2C)cn1. The van der Waals surface area contributed by atoms with Gasteiger partial charge in [0, 0.05) is 18.8 Å². The van der Waals surface area contributed by atoms with E-state index in [9.17, 15) is 0 Å². The summed E-state index contributed by atoms with van der Waals surface area (Å²) in [5.74, 6) is 1.02. The largest absolute Gasteiger partial charge is 0.378 e. The van der Waals surface area contributed by atoms with E-state index in [1.165, 1.54) is 0 Å². The fraction of sp³-hybridized carbons (Fsp3) is 0.429. The summed E-state index contributed by atoms with van der Waals surface area (Å²) in [4.78, 5) is 14.0. The van der Waals surface area contributed by atoms with Crippen molar-refractivity contribution < 1.29 is 0 Å². The van der Waals surface area contributed by atoms with Crippen molar-refractivity contribution in [2.75, 3.05) is 23.3 Å². The Balaban J connectivity index is 1.97. The summed E-state index contributed by atoms with van der Waals surface area (Å²) in [5, 5.41) is 3.33. The normalized spacial score (nSPS) is 10.5. The Kier molecular flexibility index (Phi) is 4.39. The summed E-state index contributed by atoms with van der Waals surface area (Å²) in [7, 11) is 0. The number of H-pyrrole nitrogens is 1. The smallest absolute Gasteiger partial charge is 0.128 e. The molecule has 0 radical (unpaired) electrons. The molecule has 0 saturated heterocycles. The van der Waals surface area contributed by atoms with Crippen LogP contribution < -0.4 is 10.2 Å². The summed E-state index contributed by atoms with van der Waals surface area (Å²) in [6, 6.07) is 4.11. The molecule has 5 heteroatoms. The molecule has 2 heterocycles. The lowest BCUT2D eigenvalue weighted by Gasteiger charge is -2.19. The number of nitrogens with one attached hydrogen (secondary N) is 2. The summed E-state index contributed by atoms with van der Waals surface area (Å²) in [6.45, 7) is 8.95. The van der Waals surface area contributed by atoms with Crippen molar-refractivity contribution >= 4 is 11.5 Å². The lowest BCUT2D eigenvalue weighted by atomic mass is 10.3. The van der Waals surface area contributed by atoms with E-state index in [4.69, 9.17) is 0 Å². The Morgan fingerprint density at radius 1 is 1.21 bits per heavy atom. The second-order valence-electron chi connectivity index (χ2n) is 4.41. The van der Waals surface area contributed by atoms with Crippen LogP contribution >= 0.6 is 0 Å². The monoisotopic (exact) mass is 259 g/mol. The summed E-state index contributed by atoms with van der Waals surface area (Å²) in [6.07, 6.45) is 3.59. The van der Waals surface area contributed by atoms with E-state index in [1.807, 2.05) is 19.2 Å². The first-order valence-electron chi connectivity index (χ1n) is 6.68. The number of aryl methyl sites for hydroxylation is 1. The van der Waals surface area contributed by atoms with Crippen LogP contribution in [0, 0.1) is 6.92 Å². The van der Waals surface area contributed by atoms with Gasteiger partial charge in [0.15, 0.2) is 0 Å². The fourth-order valence-corrected chi connectivity index (χ4v) is 1.98. The summed E-state index contributed by atoms with van der Waals surface area (Å²) < 4.78 is 0. The Morgan fingerprint density at radius 3 is 2.53 bits per heavy atom. The van der Waals surface area contributed by atoms with E-state index in [2.05, 4.69) is 45.1 Å². The molecule has 0 aliphatic heterocycles. The highest BCUT2D eigenvalue weighted by Gasteiger charge is 2.04. The average molecular weight is 259 g/mol. The minimum atomic E-state index is 0.710. The number of aromatic amines is 1. The van der Waals surface area contributed by atoms with Gasteiger partial charge in [-0.25, -0.2) is 9.97 Å². The molecule has 2 aromatic rings. The minimum absolute atomic E-state index is 0.710. The van der Waals surface area contributed by atoms with Gasteiger partial charge in [-0.15, -0.1) is 0 Å². The zero-order valence-corrected chi connectivity index (χ0v) is 11.8. The molecule has 0 atom stereocenters. The van der Waals surface area contributed by atoms with Crippen LogP contribution in [0.1, 0.15) is 25.2 Å².